The minimum atomic E-state index is -0.554. The van der Waals surface area contributed by atoms with Crippen LogP contribution in [-0.2, 0) is 9.53 Å². The Morgan fingerprint density at radius 1 is 1.14 bits per heavy atom. The van der Waals surface area contributed by atoms with Crippen molar-refractivity contribution < 1.29 is 13.9 Å². The molecule has 0 spiro atoms. The van der Waals surface area contributed by atoms with E-state index in [-0.39, 0.29) is 16.8 Å². The van der Waals surface area contributed by atoms with Crippen LogP contribution in [0.3, 0.4) is 0 Å². The van der Waals surface area contributed by atoms with Crippen LogP contribution >= 0.6 is 35.3 Å². The van der Waals surface area contributed by atoms with Crippen molar-refractivity contribution in [3.63, 3.8) is 0 Å². The average molecular weight is 557 g/mol. The number of thioether (sulfide) groups is 1. The van der Waals surface area contributed by atoms with Crippen molar-refractivity contribution in [3.8, 4) is 11.4 Å². The van der Waals surface area contributed by atoms with Crippen LogP contribution in [0.25, 0.3) is 21.7 Å². The van der Waals surface area contributed by atoms with E-state index in [1.54, 1.807) is 21.6 Å². The maximum absolute atomic E-state index is 15.0. The summed E-state index contributed by atoms with van der Waals surface area (Å²) in [7, 11) is 0. The van der Waals surface area contributed by atoms with E-state index >= 15 is 0 Å². The standard InChI is InChI=1S/C26H25FN4O3S3/c1-3-20(23(32)29-12-14-34-15-13-29)36-25-28-22-21(24(33)31(25)19-11-7-5-9-17(19)27)37-26(35)30(22)18-10-6-4-8-16(18)2/h4-11,20H,3,12-15H2,1-2H3/t20-/m0/s1. The lowest BCUT2D eigenvalue weighted by Crippen LogP contribution is -2.44. The monoisotopic (exact) mass is 556 g/mol. The van der Waals surface area contributed by atoms with Crippen molar-refractivity contribution >= 4 is 51.6 Å². The summed E-state index contributed by atoms with van der Waals surface area (Å²) in [6.45, 7) is 5.89. The fourth-order valence-electron chi connectivity index (χ4n) is 4.31. The lowest BCUT2D eigenvalue weighted by Gasteiger charge is -2.30. The van der Waals surface area contributed by atoms with Crippen molar-refractivity contribution in [2.45, 2.75) is 30.7 Å². The van der Waals surface area contributed by atoms with Crippen LogP contribution in [0.15, 0.2) is 58.5 Å². The molecule has 0 unspecified atom stereocenters. The first-order chi connectivity index (χ1) is 17.9. The highest BCUT2D eigenvalue weighted by atomic mass is 32.2. The highest BCUT2D eigenvalue weighted by molar-refractivity contribution is 8.00. The number of ether oxygens (including phenoxy) is 1. The SMILES string of the molecule is CC[C@H](Sc1nc2c(sc(=S)n2-c2ccccc2C)c(=O)n1-c1ccccc1F)C(=O)N1CCOCC1. The van der Waals surface area contributed by atoms with Crippen molar-refractivity contribution in [1.29, 1.82) is 0 Å². The Morgan fingerprint density at radius 3 is 2.49 bits per heavy atom. The van der Waals surface area contributed by atoms with Crippen molar-refractivity contribution in [1.82, 2.24) is 19.0 Å². The molecular weight excluding hydrogens is 532 g/mol. The molecule has 0 radical (unpaired) electrons. The van der Waals surface area contributed by atoms with Gasteiger partial charge >= 0.3 is 0 Å². The number of carbonyl (C=O) groups excluding carboxylic acids is 1. The summed E-state index contributed by atoms with van der Waals surface area (Å²) < 4.78 is 24.2. The lowest BCUT2D eigenvalue weighted by atomic mass is 10.2. The molecule has 0 bridgehead atoms. The number of hydrogen-bond acceptors (Lipinski definition) is 7. The molecule has 4 aromatic rings. The number of rotatable bonds is 6. The zero-order valence-corrected chi connectivity index (χ0v) is 22.8. The van der Waals surface area contributed by atoms with Gasteiger partial charge in [0.15, 0.2) is 14.8 Å². The fraction of sp³-hybridized carbons (Fsp3) is 0.308. The van der Waals surface area contributed by atoms with Gasteiger partial charge < -0.3 is 9.64 Å². The Labute approximate surface area is 226 Å². The Hall–Kier alpha value is -2.86. The van der Waals surface area contributed by atoms with Crippen LogP contribution in [0.1, 0.15) is 18.9 Å². The van der Waals surface area contributed by atoms with E-state index in [2.05, 4.69) is 0 Å². The first-order valence-electron chi connectivity index (χ1n) is 11.9. The maximum Gasteiger partial charge on any atom is 0.278 e. The molecule has 1 aliphatic heterocycles. The minimum Gasteiger partial charge on any atom is -0.378 e. The molecule has 3 heterocycles. The first-order valence-corrected chi connectivity index (χ1v) is 14.0. The van der Waals surface area contributed by atoms with Gasteiger partial charge in [-0.15, -0.1) is 0 Å². The summed E-state index contributed by atoms with van der Waals surface area (Å²) >= 11 is 7.99. The van der Waals surface area contributed by atoms with E-state index in [0.717, 1.165) is 22.6 Å². The van der Waals surface area contributed by atoms with Crippen LogP contribution in [0.4, 0.5) is 4.39 Å². The molecule has 0 saturated carbocycles. The third kappa shape index (κ3) is 4.88. The van der Waals surface area contributed by atoms with Gasteiger partial charge in [0.1, 0.15) is 10.5 Å². The maximum atomic E-state index is 15.0. The van der Waals surface area contributed by atoms with Gasteiger partial charge in [-0.05, 0) is 49.3 Å². The third-order valence-electron chi connectivity index (χ3n) is 6.24. The molecule has 1 aliphatic rings. The van der Waals surface area contributed by atoms with Gasteiger partial charge in [0.2, 0.25) is 5.91 Å². The van der Waals surface area contributed by atoms with E-state index in [4.69, 9.17) is 21.9 Å². The second kappa shape index (κ2) is 10.9. The predicted molar refractivity (Wildman–Crippen MR) is 147 cm³/mol. The summed E-state index contributed by atoms with van der Waals surface area (Å²) in [5.74, 6) is -0.603. The zero-order valence-electron chi connectivity index (χ0n) is 20.3. The second-order valence-electron chi connectivity index (χ2n) is 8.58. The van der Waals surface area contributed by atoms with Gasteiger partial charge in [0, 0.05) is 13.1 Å². The van der Waals surface area contributed by atoms with Gasteiger partial charge in [-0.3, -0.25) is 18.7 Å². The number of hydrogen-bond donors (Lipinski definition) is 0. The number of morpholine rings is 1. The number of halogens is 1. The first kappa shape index (κ1) is 25.8. The van der Waals surface area contributed by atoms with Gasteiger partial charge in [-0.1, -0.05) is 60.4 Å². The number of thiazole rings is 1. The molecule has 1 saturated heterocycles. The highest BCUT2D eigenvalue weighted by Crippen LogP contribution is 2.32. The largest absolute Gasteiger partial charge is 0.378 e. The number of carbonyl (C=O) groups is 1. The van der Waals surface area contributed by atoms with E-state index < -0.39 is 16.6 Å². The van der Waals surface area contributed by atoms with Crippen molar-refractivity contribution in [3.05, 3.63) is 74.2 Å². The Bertz CT molecular complexity index is 1590. The predicted octanol–water partition coefficient (Wildman–Crippen LogP) is 5.14. The third-order valence-corrected chi connectivity index (χ3v) is 8.90. The van der Waals surface area contributed by atoms with Crippen LogP contribution in [0.5, 0.6) is 0 Å². The number of para-hydroxylation sites is 2. The summed E-state index contributed by atoms with van der Waals surface area (Å²) in [6, 6.07) is 13.8. The van der Waals surface area contributed by atoms with Gasteiger partial charge in [-0.25, -0.2) is 9.37 Å². The molecule has 1 atom stereocenters. The summed E-state index contributed by atoms with van der Waals surface area (Å²) in [5.41, 5.74) is 1.86. The smallest absolute Gasteiger partial charge is 0.278 e. The van der Waals surface area contributed by atoms with Crippen LogP contribution in [0.2, 0.25) is 0 Å². The Kier molecular flexibility index (Phi) is 7.57. The lowest BCUT2D eigenvalue weighted by molar-refractivity contribution is -0.134. The second-order valence-corrected chi connectivity index (χ2v) is 11.4. The normalized spacial score (nSPS) is 14.7. The van der Waals surface area contributed by atoms with Gasteiger partial charge in [0.05, 0.1) is 29.8 Å². The van der Waals surface area contributed by atoms with E-state index in [1.165, 1.54) is 28.5 Å². The number of amides is 1. The molecule has 2 aromatic carbocycles. The number of fused-ring (bicyclic) bond motifs is 1. The number of aromatic nitrogens is 3. The average Bonchev–Trinajstić information content (AvgIpc) is 3.24. The quantitative estimate of drug-likeness (QED) is 0.186. The number of nitrogens with zero attached hydrogens (tertiary/aromatic N) is 4. The Morgan fingerprint density at radius 2 is 1.81 bits per heavy atom. The van der Waals surface area contributed by atoms with Crippen molar-refractivity contribution in [2.75, 3.05) is 26.3 Å². The molecule has 7 nitrogen and oxygen atoms in total. The summed E-state index contributed by atoms with van der Waals surface area (Å²) in [4.78, 5) is 33.9. The van der Waals surface area contributed by atoms with E-state index in [9.17, 15) is 14.0 Å². The molecule has 1 fully saturated rings. The Balaban J connectivity index is 1.72. The molecule has 37 heavy (non-hydrogen) atoms. The van der Waals surface area contributed by atoms with Crippen LogP contribution in [0, 0.1) is 16.7 Å². The number of benzene rings is 2. The molecule has 1 amide bonds. The molecule has 0 aliphatic carbocycles. The highest BCUT2D eigenvalue weighted by Gasteiger charge is 2.29. The molecular formula is C26H25FN4O3S3. The van der Waals surface area contributed by atoms with Crippen LogP contribution in [-0.4, -0.2) is 56.5 Å². The van der Waals surface area contributed by atoms with E-state index in [0.29, 0.717) is 47.0 Å². The van der Waals surface area contributed by atoms with Gasteiger partial charge in [-0.2, -0.15) is 0 Å². The molecule has 5 rings (SSSR count). The van der Waals surface area contributed by atoms with E-state index in [1.807, 2.05) is 38.1 Å². The topological polar surface area (TPSA) is 69.4 Å². The van der Waals surface area contributed by atoms with Gasteiger partial charge in [0.25, 0.3) is 5.56 Å². The summed E-state index contributed by atoms with van der Waals surface area (Å²) in [6.07, 6.45) is 0.514. The molecule has 11 heteroatoms. The molecule has 2 aromatic heterocycles. The van der Waals surface area contributed by atoms with Crippen LogP contribution < -0.4 is 5.56 Å². The zero-order chi connectivity index (χ0) is 26.1. The number of aryl methyl sites for hydroxylation is 1. The molecule has 192 valence electrons. The minimum absolute atomic E-state index is 0.0497. The summed E-state index contributed by atoms with van der Waals surface area (Å²) in [5, 5.41) is -0.264. The fourth-order valence-corrected chi connectivity index (χ4v) is 6.70. The molecule has 0 N–H and O–H groups in total. The van der Waals surface area contributed by atoms with Crippen molar-refractivity contribution in [2.24, 2.45) is 0 Å².